The summed E-state index contributed by atoms with van der Waals surface area (Å²) < 4.78 is 5.47. The second-order valence-corrected chi connectivity index (χ2v) is 12.6. The van der Waals surface area contributed by atoms with Gasteiger partial charge in [-0.25, -0.2) is 20.9 Å². The third-order valence-electron chi connectivity index (χ3n) is 7.13. The molecule has 7 nitrogen and oxygen atoms in total. The molecular weight excluding hydrogens is 496 g/mol. The second-order valence-electron chi connectivity index (χ2n) is 9.52. The highest BCUT2D eigenvalue weighted by Gasteiger charge is 2.28. The summed E-state index contributed by atoms with van der Waals surface area (Å²) in [6.07, 6.45) is 8.11. The first kappa shape index (κ1) is 25.0. The van der Waals surface area contributed by atoms with Crippen molar-refractivity contribution in [2.45, 2.75) is 56.1 Å². The number of hydrogen-bond donors (Lipinski definition) is 3. The van der Waals surface area contributed by atoms with Crippen molar-refractivity contribution in [2.75, 3.05) is 18.2 Å². The van der Waals surface area contributed by atoms with Crippen LogP contribution in [0.4, 0.5) is 5.82 Å². The highest BCUT2D eigenvalue weighted by atomic mass is 35.5. The van der Waals surface area contributed by atoms with Crippen molar-refractivity contribution in [1.82, 2.24) is 15.0 Å². The molecule has 0 radical (unpaired) electrons. The quantitative estimate of drug-likeness (QED) is 0.315. The van der Waals surface area contributed by atoms with Crippen LogP contribution < -0.4 is 10.1 Å². The van der Waals surface area contributed by atoms with E-state index in [9.17, 15) is 9.90 Å². The van der Waals surface area contributed by atoms with Crippen molar-refractivity contribution in [3.8, 4) is 16.9 Å². The van der Waals surface area contributed by atoms with Crippen molar-refractivity contribution >= 4 is 34.2 Å². The number of ether oxygens (including phenoxy) is 1. The van der Waals surface area contributed by atoms with E-state index < -0.39 is 0 Å². The number of amides is 1. The van der Waals surface area contributed by atoms with Crippen molar-refractivity contribution in [1.29, 1.82) is 0 Å². The number of nitrogens with zero attached hydrogens (tertiary/aromatic N) is 3. The number of thiol groups is 1. The molecule has 3 aromatic rings. The van der Waals surface area contributed by atoms with Crippen LogP contribution in [0.1, 0.15) is 53.0 Å². The maximum atomic E-state index is 13.4. The van der Waals surface area contributed by atoms with Crippen LogP contribution in [0.5, 0.6) is 5.75 Å². The van der Waals surface area contributed by atoms with E-state index in [2.05, 4.69) is 21.4 Å². The average Bonchev–Trinajstić information content (AvgIpc) is 2.88. The molecule has 0 saturated heterocycles. The number of hydrogen-bond acceptors (Lipinski definition) is 6. The van der Waals surface area contributed by atoms with Gasteiger partial charge < -0.3 is 15.2 Å². The van der Waals surface area contributed by atoms with Crippen LogP contribution >= 0.6 is 22.5 Å². The molecule has 1 aliphatic carbocycles. The zero-order valence-electron chi connectivity index (χ0n) is 20.5. The molecular formula is C27H31ClN4O3S. The Morgan fingerprint density at radius 3 is 2.72 bits per heavy atom. The van der Waals surface area contributed by atoms with Gasteiger partial charge in [-0.1, -0.05) is 17.7 Å². The molecule has 1 fully saturated rings. The minimum atomic E-state index is -0.293. The number of pyridine rings is 3. The van der Waals surface area contributed by atoms with Gasteiger partial charge in [-0.05, 0) is 73.8 Å². The van der Waals surface area contributed by atoms with E-state index in [1.54, 1.807) is 25.6 Å². The summed E-state index contributed by atoms with van der Waals surface area (Å²) in [6.45, 7) is 1.87. The molecule has 4 heterocycles. The number of aromatic nitrogens is 3. The van der Waals surface area contributed by atoms with Gasteiger partial charge in [0.1, 0.15) is 16.7 Å². The molecule has 1 saturated carbocycles. The van der Waals surface area contributed by atoms with E-state index in [0.717, 1.165) is 54.5 Å². The van der Waals surface area contributed by atoms with Crippen molar-refractivity contribution in [2.24, 2.45) is 0 Å². The third-order valence-corrected chi connectivity index (χ3v) is 10.4. The predicted octanol–water partition coefficient (Wildman–Crippen LogP) is 5.12. The summed E-state index contributed by atoms with van der Waals surface area (Å²) in [6, 6.07) is 7.54. The van der Waals surface area contributed by atoms with Gasteiger partial charge in [0.05, 0.1) is 25.0 Å². The smallest absolute Gasteiger partial charge is 0.259 e. The summed E-state index contributed by atoms with van der Waals surface area (Å²) in [5.41, 5.74) is 4.89. The summed E-state index contributed by atoms with van der Waals surface area (Å²) in [5, 5.41) is 13.9. The van der Waals surface area contributed by atoms with Gasteiger partial charge in [-0.3, -0.25) is 9.78 Å². The Balaban J connectivity index is 1.35. The van der Waals surface area contributed by atoms with Gasteiger partial charge in [0.2, 0.25) is 0 Å². The highest BCUT2D eigenvalue weighted by molar-refractivity contribution is 8.16. The Bertz CT molecular complexity index is 1280. The molecule has 1 amide bonds. The Morgan fingerprint density at radius 2 is 1.94 bits per heavy atom. The Labute approximate surface area is 219 Å². The molecule has 0 aromatic carbocycles. The number of methoxy groups -OCH3 is 1. The molecule has 2 aliphatic rings. The number of anilines is 1. The highest BCUT2D eigenvalue weighted by Crippen LogP contribution is 2.46. The fourth-order valence-electron chi connectivity index (χ4n) is 5.18. The largest absolute Gasteiger partial charge is 0.494 e. The molecule has 0 bridgehead atoms. The van der Waals surface area contributed by atoms with E-state index in [0.29, 0.717) is 33.4 Å². The number of rotatable bonds is 5. The third kappa shape index (κ3) is 5.36. The van der Waals surface area contributed by atoms with Crippen molar-refractivity contribution in [3.05, 3.63) is 64.3 Å². The monoisotopic (exact) mass is 526 g/mol. The molecule has 1 unspecified atom stereocenters. The SMILES string of the molecule is COc1cnc(Cl)cc1-c1cc(C)ncc1C(=O)Nc1ccc2c(n1)CC[SH](C1CCC(O)CC1)C2. The van der Waals surface area contributed by atoms with Gasteiger partial charge in [0.25, 0.3) is 5.91 Å². The molecule has 1 aliphatic heterocycles. The molecule has 5 rings (SSSR count). The maximum absolute atomic E-state index is 13.4. The fourth-order valence-corrected chi connectivity index (χ4v) is 8.37. The zero-order valence-corrected chi connectivity index (χ0v) is 22.1. The average molecular weight is 527 g/mol. The van der Waals surface area contributed by atoms with E-state index in [1.807, 2.05) is 19.1 Å². The van der Waals surface area contributed by atoms with Gasteiger partial charge >= 0.3 is 0 Å². The topological polar surface area (TPSA) is 97.2 Å². The number of aliphatic hydroxyl groups is 1. The Kier molecular flexibility index (Phi) is 7.46. The van der Waals surface area contributed by atoms with E-state index >= 15 is 0 Å². The molecule has 190 valence electrons. The number of aliphatic hydroxyl groups excluding tert-OH is 1. The van der Waals surface area contributed by atoms with Crippen LogP contribution in [0.2, 0.25) is 5.15 Å². The lowest BCUT2D eigenvalue weighted by molar-refractivity contribution is 0.102. The van der Waals surface area contributed by atoms with Crippen LogP contribution in [0, 0.1) is 6.92 Å². The molecule has 3 aromatic heterocycles. The minimum Gasteiger partial charge on any atom is -0.494 e. The van der Waals surface area contributed by atoms with E-state index in [4.69, 9.17) is 21.3 Å². The lowest BCUT2D eigenvalue weighted by atomic mass is 9.97. The van der Waals surface area contributed by atoms with Crippen LogP contribution in [-0.4, -0.2) is 50.2 Å². The van der Waals surface area contributed by atoms with Gasteiger partial charge in [-0.15, -0.1) is 0 Å². The lowest BCUT2D eigenvalue weighted by Gasteiger charge is -2.38. The van der Waals surface area contributed by atoms with Crippen LogP contribution in [0.3, 0.4) is 0 Å². The molecule has 1 atom stereocenters. The van der Waals surface area contributed by atoms with Crippen LogP contribution in [0.15, 0.2) is 36.7 Å². The van der Waals surface area contributed by atoms with Crippen LogP contribution in [-0.2, 0) is 12.2 Å². The number of carbonyl (C=O) groups excluding carboxylic acids is 1. The molecule has 2 N–H and O–H groups in total. The van der Waals surface area contributed by atoms with E-state index in [1.165, 1.54) is 11.3 Å². The fraction of sp³-hybridized carbons (Fsp3) is 0.407. The normalized spacial score (nSPS) is 22.5. The number of halogens is 1. The molecule has 9 heteroatoms. The van der Waals surface area contributed by atoms with E-state index in [-0.39, 0.29) is 22.9 Å². The summed E-state index contributed by atoms with van der Waals surface area (Å²) in [4.78, 5) is 26.6. The number of fused-ring (bicyclic) bond motifs is 1. The number of aryl methyl sites for hydroxylation is 2. The Morgan fingerprint density at radius 1 is 1.14 bits per heavy atom. The van der Waals surface area contributed by atoms with Gasteiger partial charge in [0.15, 0.2) is 0 Å². The van der Waals surface area contributed by atoms with Gasteiger partial charge in [0, 0.05) is 34.5 Å². The first-order valence-corrected chi connectivity index (χ1v) is 14.5. The molecule has 36 heavy (non-hydrogen) atoms. The maximum Gasteiger partial charge on any atom is 0.259 e. The first-order valence-electron chi connectivity index (χ1n) is 12.3. The predicted molar refractivity (Wildman–Crippen MR) is 145 cm³/mol. The van der Waals surface area contributed by atoms with Gasteiger partial charge in [-0.2, -0.15) is 0 Å². The summed E-state index contributed by atoms with van der Waals surface area (Å²) in [5.74, 6) is 3.02. The summed E-state index contributed by atoms with van der Waals surface area (Å²) >= 11 is 6.16. The Hall–Kier alpha value is -2.68. The number of nitrogens with one attached hydrogen (secondary N) is 1. The van der Waals surface area contributed by atoms with Crippen molar-refractivity contribution < 1.29 is 14.6 Å². The second kappa shape index (κ2) is 10.7. The lowest BCUT2D eigenvalue weighted by Crippen LogP contribution is -2.26. The minimum absolute atomic E-state index is 0.0734. The standard InChI is InChI=1S/C27H31ClN4O3S/c1-16-11-20(21-12-25(28)30-14-24(21)35-2)22(13-29-16)27(34)32-26-8-3-17-15-36(10-9-23(17)31-26)19-6-4-18(33)5-7-19/h3,8,11-14,18-19,33,36H,4-7,9-10,15H2,1-2H3,(H,31,32,34). The zero-order chi connectivity index (χ0) is 25.2. The number of carbonyl (C=O) groups is 1. The first-order chi connectivity index (χ1) is 17.4. The van der Waals surface area contributed by atoms with Crippen molar-refractivity contribution in [3.63, 3.8) is 0 Å². The molecule has 0 spiro atoms. The summed E-state index contributed by atoms with van der Waals surface area (Å²) in [7, 11) is 1.48. The van der Waals surface area contributed by atoms with Crippen LogP contribution in [0.25, 0.3) is 11.1 Å².